The van der Waals surface area contributed by atoms with Gasteiger partial charge in [0.1, 0.15) is 4.90 Å². The molecule has 0 saturated carbocycles. The van der Waals surface area contributed by atoms with E-state index in [0.29, 0.717) is 10.9 Å². The zero-order valence-corrected chi connectivity index (χ0v) is 7.34. The summed E-state index contributed by atoms with van der Waals surface area (Å²) in [6.07, 6.45) is 1.22. The van der Waals surface area contributed by atoms with E-state index in [0.717, 1.165) is 0 Å². The molecule has 0 atom stereocenters. The predicted octanol–water partition coefficient (Wildman–Crippen LogP) is 1.29. The van der Waals surface area contributed by atoms with Crippen molar-refractivity contribution in [1.82, 2.24) is 4.98 Å². The van der Waals surface area contributed by atoms with Crippen molar-refractivity contribution in [3.05, 3.63) is 30.5 Å². The molecule has 1 N–H and O–H groups in total. The number of rotatable bonds is 1. The van der Waals surface area contributed by atoms with E-state index in [4.69, 9.17) is 0 Å². The van der Waals surface area contributed by atoms with Crippen molar-refractivity contribution in [2.45, 2.75) is 4.90 Å². The third-order valence-electron chi connectivity index (χ3n) is 1.82. The third-order valence-corrected chi connectivity index (χ3v) is 2.70. The Kier molecular flexibility index (Phi) is 1.64. The molecule has 0 fully saturated rings. The maximum Gasteiger partial charge on any atom is 0.326 e. The van der Waals surface area contributed by atoms with Crippen LogP contribution in [0.3, 0.4) is 0 Å². The van der Waals surface area contributed by atoms with E-state index in [1.165, 1.54) is 6.20 Å². The second-order valence-electron chi connectivity index (χ2n) is 2.65. The van der Waals surface area contributed by atoms with E-state index in [9.17, 15) is 13.0 Å². The first kappa shape index (κ1) is 8.28. The van der Waals surface area contributed by atoms with Crippen LogP contribution in [0.15, 0.2) is 35.4 Å². The molecule has 1 radical (unpaired) electrons. The van der Waals surface area contributed by atoms with Crippen molar-refractivity contribution in [3.8, 4) is 0 Å². The van der Waals surface area contributed by atoms with Gasteiger partial charge in [0.2, 0.25) is 0 Å². The molecule has 13 heavy (non-hydrogen) atoms. The first-order valence-corrected chi connectivity index (χ1v) is 5.02. The Labute approximate surface area is 75.0 Å². The number of para-hydroxylation sites is 1. The Morgan fingerprint density at radius 1 is 1.15 bits per heavy atom. The first-order valence-electron chi connectivity index (χ1n) is 3.61. The molecule has 0 amide bonds. The largest absolute Gasteiger partial charge is 0.360 e. The molecule has 0 spiro atoms. The highest BCUT2D eigenvalue weighted by molar-refractivity contribution is 7.85. The van der Waals surface area contributed by atoms with Crippen LogP contribution < -0.4 is 0 Å². The van der Waals surface area contributed by atoms with E-state index in [-0.39, 0.29) is 4.90 Å². The van der Waals surface area contributed by atoms with Crippen LogP contribution in [0.4, 0.5) is 0 Å². The van der Waals surface area contributed by atoms with Crippen molar-refractivity contribution in [3.63, 3.8) is 0 Å². The Bertz CT molecular complexity index is 541. The number of H-pyrrole nitrogens is 1. The van der Waals surface area contributed by atoms with Crippen LogP contribution in [0.5, 0.6) is 0 Å². The zero-order chi connectivity index (χ0) is 9.47. The monoisotopic (exact) mass is 196 g/mol. The zero-order valence-electron chi connectivity index (χ0n) is 6.52. The minimum Gasteiger partial charge on any atom is -0.360 e. The van der Waals surface area contributed by atoms with Gasteiger partial charge in [0.05, 0.1) is 0 Å². The Morgan fingerprint density at radius 3 is 2.54 bits per heavy atom. The average molecular weight is 196 g/mol. The van der Waals surface area contributed by atoms with Crippen molar-refractivity contribution in [2.75, 3.05) is 0 Å². The van der Waals surface area contributed by atoms with Gasteiger partial charge in [-0.1, -0.05) is 22.8 Å². The third kappa shape index (κ3) is 1.32. The molecule has 2 rings (SSSR count). The lowest BCUT2D eigenvalue weighted by Crippen LogP contribution is -1.93. The molecule has 0 unspecified atom stereocenters. The van der Waals surface area contributed by atoms with Crippen LogP contribution >= 0.6 is 0 Å². The molecule has 0 aliphatic carbocycles. The summed E-state index contributed by atoms with van der Waals surface area (Å²) in [5.41, 5.74) is 0.650. The van der Waals surface area contributed by atoms with Crippen molar-refractivity contribution >= 4 is 21.0 Å². The Balaban J connectivity index is 2.87. The smallest absolute Gasteiger partial charge is 0.326 e. The topological polar surface area (TPSA) is 69.8 Å². The van der Waals surface area contributed by atoms with Gasteiger partial charge in [0.15, 0.2) is 0 Å². The standard InChI is InChI=1S/C8H6NO3S/c10-13(11,12)8-5-9-7-4-2-1-3-6(7)8/h1-5,9H. The molecule has 1 aromatic heterocycles. The van der Waals surface area contributed by atoms with Gasteiger partial charge in [-0.25, -0.2) is 0 Å². The normalized spacial score (nSPS) is 12.1. The highest BCUT2D eigenvalue weighted by Crippen LogP contribution is 2.21. The van der Waals surface area contributed by atoms with E-state index >= 15 is 0 Å². The van der Waals surface area contributed by atoms with Gasteiger partial charge < -0.3 is 4.98 Å². The highest BCUT2D eigenvalue weighted by atomic mass is 32.2. The fourth-order valence-electron chi connectivity index (χ4n) is 1.25. The van der Waals surface area contributed by atoms with Gasteiger partial charge in [-0.15, -0.1) is 0 Å². The number of aromatic nitrogens is 1. The molecular formula is C8H6NO3S. The lowest BCUT2D eigenvalue weighted by molar-refractivity contribution is 0.415. The second kappa shape index (κ2) is 2.58. The van der Waals surface area contributed by atoms with Gasteiger partial charge in [0.25, 0.3) is 0 Å². The fraction of sp³-hybridized carbons (Fsp3) is 0. The first-order chi connectivity index (χ1) is 6.09. The summed E-state index contributed by atoms with van der Waals surface area (Å²) < 4.78 is 32.2. The number of fused-ring (bicyclic) bond motifs is 1. The molecule has 1 aromatic carbocycles. The number of aromatic amines is 1. The van der Waals surface area contributed by atoms with E-state index < -0.39 is 10.1 Å². The average Bonchev–Trinajstić information content (AvgIpc) is 2.45. The number of nitrogens with one attached hydrogen (secondary N) is 1. The Morgan fingerprint density at radius 2 is 1.85 bits per heavy atom. The van der Waals surface area contributed by atoms with E-state index in [2.05, 4.69) is 4.98 Å². The minimum absolute atomic E-state index is 0.192. The van der Waals surface area contributed by atoms with E-state index in [1.807, 2.05) is 0 Å². The number of hydrogen-bond acceptors (Lipinski definition) is 2. The van der Waals surface area contributed by atoms with Crippen LogP contribution in [0.2, 0.25) is 0 Å². The molecule has 1 heterocycles. The summed E-state index contributed by atoms with van der Waals surface area (Å²) >= 11 is 0. The van der Waals surface area contributed by atoms with Crippen molar-refractivity contribution < 1.29 is 13.0 Å². The summed E-state index contributed by atoms with van der Waals surface area (Å²) in [6.45, 7) is 0. The van der Waals surface area contributed by atoms with Gasteiger partial charge in [0, 0.05) is 17.1 Å². The van der Waals surface area contributed by atoms with Crippen molar-refractivity contribution in [1.29, 1.82) is 0 Å². The van der Waals surface area contributed by atoms with Gasteiger partial charge >= 0.3 is 10.1 Å². The molecule has 0 aliphatic heterocycles. The molecule has 67 valence electrons. The maximum absolute atomic E-state index is 10.7. The molecule has 2 aromatic rings. The summed E-state index contributed by atoms with van der Waals surface area (Å²) in [5.74, 6) is 0. The quantitative estimate of drug-likeness (QED) is 0.746. The highest BCUT2D eigenvalue weighted by Gasteiger charge is 2.16. The van der Waals surface area contributed by atoms with E-state index in [1.54, 1.807) is 24.3 Å². The molecule has 4 nitrogen and oxygen atoms in total. The van der Waals surface area contributed by atoms with Gasteiger partial charge in [-0.3, -0.25) is 0 Å². The molecular weight excluding hydrogens is 190 g/mol. The van der Waals surface area contributed by atoms with Crippen LogP contribution in [-0.4, -0.2) is 13.4 Å². The second-order valence-corrected chi connectivity index (χ2v) is 4.00. The maximum atomic E-state index is 10.7. The predicted molar refractivity (Wildman–Crippen MR) is 46.2 cm³/mol. The summed E-state index contributed by atoms with van der Waals surface area (Å²) in [7, 11) is -4.37. The lowest BCUT2D eigenvalue weighted by Gasteiger charge is -1.90. The fourth-order valence-corrected chi connectivity index (χ4v) is 1.90. The lowest BCUT2D eigenvalue weighted by atomic mass is 10.2. The summed E-state index contributed by atoms with van der Waals surface area (Å²) in [5, 5.41) is 0.442. The molecule has 5 heteroatoms. The van der Waals surface area contributed by atoms with Crippen LogP contribution in [0, 0.1) is 0 Å². The number of benzene rings is 1. The Hall–Kier alpha value is -1.33. The van der Waals surface area contributed by atoms with Crippen LogP contribution in [-0.2, 0) is 14.7 Å². The van der Waals surface area contributed by atoms with Gasteiger partial charge in [-0.05, 0) is 6.07 Å². The van der Waals surface area contributed by atoms with Crippen LogP contribution in [0.25, 0.3) is 10.9 Å². The summed E-state index contributed by atoms with van der Waals surface area (Å²) in [4.78, 5) is 2.52. The summed E-state index contributed by atoms with van der Waals surface area (Å²) in [6, 6.07) is 6.76. The number of hydrogen-bond donors (Lipinski definition) is 1. The van der Waals surface area contributed by atoms with Crippen LogP contribution in [0.1, 0.15) is 0 Å². The van der Waals surface area contributed by atoms with Gasteiger partial charge in [-0.2, -0.15) is 8.42 Å². The minimum atomic E-state index is -4.37. The SMILES string of the molecule is [O]S(=O)(=O)c1c[nH]c2ccccc12. The van der Waals surface area contributed by atoms with Crippen molar-refractivity contribution in [2.24, 2.45) is 0 Å². The molecule has 0 saturated heterocycles. The molecule has 0 bridgehead atoms. The molecule has 0 aliphatic rings.